The average Bonchev–Trinajstić information content (AvgIpc) is 2.27. The maximum Gasteiger partial charge on any atom is 0.339 e. The number of rotatable bonds is 5. The molecular formula is C12H16ClN3O3. The lowest BCUT2D eigenvalue weighted by atomic mass is 10.2. The summed E-state index contributed by atoms with van der Waals surface area (Å²) in [5.41, 5.74) is -0.0337. The van der Waals surface area contributed by atoms with Gasteiger partial charge >= 0.3 is 5.97 Å². The lowest BCUT2D eigenvalue weighted by Gasteiger charge is -2.17. The summed E-state index contributed by atoms with van der Waals surface area (Å²) in [6.07, 6.45) is 0. The number of amides is 1. The molecular weight excluding hydrogens is 270 g/mol. The van der Waals surface area contributed by atoms with Crippen LogP contribution in [-0.2, 0) is 4.79 Å². The summed E-state index contributed by atoms with van der Waals surface area (Å²) in [6, 6.07) is 2.11. The number of halogens is 1. The molecule has 0 saturated heterocycles. The topological polar surface area (TPSA) is 91.3 Å². The molecule has 1 heterocycles. The van der Waals surface area contributed by atoms with E-state index in [0.717, 1.165) is 0 Å². The van der Waals surface area contributed by atoms with Crippen LogP contribution in [-0.4, -0.2) is 34.1 Å². The normalized spacial score (nSPS) is 12.1. The van der Waals surface area contributed by atoms with E-state index in [0.29, 0.717) is 0 Å². The largest absolute Gasteiger partial charge is 0.478 e. The van der Waals surface area contributed by atoms with Crippen molar-refractivity contribution in [3.05, 3.63) is 22.8 Å². The highest BCUT2D eigenvalue weighted by molar-refractivity contribution is 6.29. The number of carbonyl (C=O) groups excluding carboxylic acids is 1. The van der Waals surface area contributed by atoms with Gasteiger partial charge in [-0.15, -0.1) is 0 Å². The van der Waals surface area contributed by atoms with E-state index in [9.17, 15) is 9.59 Å². The summed E-state index contributed by atoms with van der Waals surface area (Å²) in [5.74, 6) is -1.30. The van der Waals surface area contributed by atoms with Crippen molar-refractivity contribution in [2.75, 3.05) is 5.32 Å². The Hall–Kier alpha value is -1.82. The predicted octanol–water partition coefficient (Wildman–Crippen LogP) is 1.76. The maximum absolute atomic E-state index is 11.7. The SMILES string of the molecule is CC(C)NC(=O)C(C)Nc1nc(Cl)ccc1C(=O)O. The molecule has 7 heteroatoms. The summed E-state index contributed by atoms with van der Waals surface area (Å²) in [4.78, 5) is 26.7. The van der Waals surface area contributed by atoms with Gasteiger partial charge in [0.1, 0.15) is 22.6 Å². The van der Waals surface area contributed by atoms with E-state index in [1.54, 1.807) is 6.92 Å². The Bertz CT molecular complexity index is 491. The Labute approximate surface area is 116 Å². The van der Waals surface area contributed by atoms with Gasteiger partial charge < -0.3 is 15.7 Å². The third-order valence-corrected chi connectivity index (χ3v) is 2.48. The molecule has 104 valence electrons. The molecule has 1 unspecified atom stereocenters. The van der Waals surface area contributed by atoms with E-state index in [1.165, 1.54) is 12.1 Å². The van der Waals surface area contributed by atoms with Crippen molar-refractivity contribution in [2.45, 2.75) is 32.9 Å². The van der Waals surface area contributed by atoms with E-state index < -0.39 is 12.0 Å². The molecule has 3 N–H and O–H groups in total. The average molecular weight is 286 g/mol. The highest BCUT2D eigenvalue weighted by Crippen LogP contribution is 2.17. The fraction of sp³-hybridized carbons (Fsp3) is 0.417. The number of pyridine rings is 1. The fourth-order valence-corrected chi connectivity index (χ4v) is 1.55. The van der Waals surface area contributed by atoms with E-state index >= 15 is 0 Å². The van der Waals surface area contributed by atoms with Gasteiger partial charge in [0.05, 0.1) is 0 Å². The van der Waals surface area contributed by atoms with Crippen LogP contribution >= 0.6 is 11.6 Å². The molecule has 0 fully saturated rings. The summed E-state index contributed by atoms with van der Waals surface area (Å²) in [6.45, 7) is 5.29. The zero-order valence-electron chi connectivity index (χ0n) is 10.9. The molecule has 1 atom stereocenters. The predicted molar refractivity (Wildman–Crippen MR) is 72.6 cm³/mol. The molecule has 0 bridgehead atoms. The van der Waals surface area contributed by atoms with Gasteiger partial charge in [0.2, 0.25) is 5.91 Å². The first kappa shape index (κ1) is 15.2. The Morgan fingerprint density at radius 1 is 1.32 bits per heavy atom. The Morgan fingerprint density at radius 2 is 1.95 bits per heavy atom. The van der Waals surface area contributed by atoms with Crippen LogP contribution < -0.4 is 10.6 Å². The number of nitrogens with one attached hydrogen (secondary N) is 2. The molecule has 0 aliphatic carbocycles. The van der Waals surface area contributed by atoms with Crippen LogP contribution in [0.25, 0.3) is 0 Å². The number of anilines is 1. The molecule has 0 aliphatic heterocycles. The summed E-state index contributed by atoms with van der Waals surface area (Å²) in [5, 5.41) is 14.7. The first-order valence-electron chi connectivity index (χ1n) is 5.78. The van der Waals surface area contributed by atoms with E-state index in [1.807, 2.05) is 13.8 Å². The lowest BCUT2D eigenvalue weighted by Crippen LogP contribution is -2.41. The molecule has 1 aromatic rings. The fourth-order valence-electron chi connectivity index (χ4n) is 1.40. The maximum atomic E-state index is 11.7. The minimum absolute atomic E-state index is 0.00279. The zero-order valence-corrected chi connectivity index (χ0v) is 11.7. The van der Waals surface area contributed by atoms with Crippen molar-refractivity contribution in [1.29, 1.82) is 0 Å². The first-order chi connectivity index (χ1) is 8.81. The van der Waals surface area contributed by atoms with Gasteiger partial charge in [0, 0.05) is 6.04 Å². The minimum atomic E-state index is -1.14. The van der Waals surface area contributed by atoms with Crippen LogP contribution in [0, 0.1) is 0 Å². The second kappa shape index (κ2) is 6.38. The molecule has 0 aliphatic rings. The summed E-state index contributed by atoms with van der Waals surface area (Å²) >= 11 is 5.72. The number of nitrogens with zero attached hydrogens (tertiary/aromatic N) is 1. The van der Waals surface area contributed by atoms with Crippen LogP contribution in [0.5, 0.6) is 0 Å². The van der Waals surface area contributed by atoms with Gasteiger partial charge in [-0.1, -0.05) is 11.6 Å². The van der Waals surface area contributed by atoms with Gasteiger partial charge in [-0.3, -0.25) is 4.79 Å². The second-order valence-corrected chi connectivity index (χ2v) is 4.75. The smallest absolute Gasteiger partial charge is 0.339 e. The molecule has 1 amide bonds. The van der Waals surface area contributed by atoms with Crippen molar-refractivity contribution in [1.82, 2.24) is 10.3 Å². The van der Waals surface area contributed by atoms with Crippen LogP contribution in [0.1, 0.15) is 31.1 Å². The van der Waals surface area contributed by atoms with Gasteiger partial charge in [0.15, 0.2) is 0 Å². The quantitative estimate of drug-likeness (QED) is 0.717. The number of hydrogen-bond donors (Lipinski definition) is 3. The lowest BCUT2D eigenvalue weighted by molar-refractivity contribution is -0.122. The van der Waals surface area contributed by atoms with E-state index in [4.69, 9.17) is 16.7 Å². The Morgan fingerprint density at radius 3 is 2.47 bits per heavy atom. The van der Waals surface area contributed by atoms with Crippen molar-refractivity contribution in [3.8, 4) is 0 Å². The number of hydrogen-bond acceptors (Lipinski definition) is 4. The Balaban J connectivity index is 2.89. The number of carboxylic acid groups (broad SMARTS) is 1. The zero-order chi connectivity index (χ0) is 14.6. The van der Waals surface area contributed by atoms with Gasteiger partial charge in [-0.05, 0) is 32.9 Å². The highest BCUT2D eigenvalue weighted by atomic mass is 35.5. The van der Waals surface area contributed by atoms with Crippen molar-refractivity contribution in [3.63, 3.8) is 0 Å². The monoisotopic (exact) mass is 285 g/mol. The first-order valence-corrected chi connectivity index (χ1v) is 6.15. The summed E-state index contributed by atoms with van der Waals surface area (Å²) < 4.78 is 0. The molecule has 6 nitrogen and oxygen atoms in total. The number of aromatic nitrogens is 1. The van der Waals surface area contributed by atoms with Gasteiger partial charge in [-0.25, -0.2) is 9.78 Å². The molecule has 0 saturated carbocycles. The Kier molecular flexibility index (Phi) is 5.11. The van der Waals surface area contributed by atoms with Crippen LogP contribution in [0.2, 0.25) is 5.15 Å². The molecule has 0 aromatic carbocycles. The van der Waals surface area contributed by atoms with E-state index in [2.05, 4.69) is 15.6 Å². The van der Waals surface area contributed by atoms with Crippen LogP contribution in [0.15, 0.2) is 12.1 Å². The van der Waals surface area contributed by atoms with Gasteiger partial charge in [-0.2, -0.15) is 0 Å². The molecule has 1 aromatic heterocycles. The standard InChI is InChI=1S/C12H16ClN3O3/c1-6(2)14-11(17)7(3)15-10-8(12(18)19)4-5-9(13)16-10/h4-7H,1-3H3,(H,14,17)(H,15,16)(H,18,19). The number of carboxylic acids is 1. The summed E-state index contributed by atoms with van der Waals surface area (Å²) in [7, 11) is 0. The van der Waals surface area contributed by atoms with E-state index in [-0.39, 0.29) is 28.5 Å². The molecule has 0 radical (unpaired) electrons. The molecule has 19 heavy (non-hydrogen) atoms. The minimum Gasteiger partial charge on any atom is -0.478 e. The molecule has 0 spiro atoms. The number of aromatic carboxylic acids is 1. The highest BCUT2D eigenvalue weighted by Gasteiger charge is 2.18. The van der Waals surface area contributed by atoms with Crippen molar-refractivity contribution < 1.29 is 14.7 Å². The third-order valence-electron chi connectivity index (χ3n) is 2.27. The number of carbonyl (C=O) groups is 2. The van der Waals surface area contributed by atoms with Crippen LogP contribution in [0.4, 0.5) is 5.82 Å². The molecule has 1 rings (SSSR count). The van der Waals surface area contributed by atoms with Crippen molar-refractivity contribution in [2.24, 2.45) is 0 Å². The van der Waals surface area contributed by atoms with Crippen LogP contribution in [0.3, 0.4) is 0 Å². The second-order valence-electron chi connectivity index (χ2n) is 4.36. The third kappa shape index (κ3) is 4.40. The van der Waals surface area contributed by atoms with Gasteiger partial charge in [0.25, 0.3) is 0 Å². The van der Waals surface area contributed by atoms with Crippen molar-refractivity contribution >= 4 is 29.3 Å².